The summed E-state index contributed by atoms with van der Waals surface area (Å²) in [5.74, 6) is -0.105. The molecule has 0 unspecified atom stereocenters. The van der Waals surface area contributed by atoms with Gasteiger partial charge in [0.05, 0.1) is 4.90 Å². The zero-order valence-corrected chi connectivity index (χ0v) is 12.7. The molecule has 21 heavy (non-hydrogen) atoms. The maximum absolute atomic E-state index is 12.3. The minimum absolute atomic E-state index is 0.105. The van der Waals surface area contributed by atoms with Crippen LogP contribution in [0.25, 0.3) is 0 Å². The van der Waals surface area contributed by atoms with Crippen LogP contribution in [0.1, 0.15) is 24.8 Å². The number of rotatable bonds is 6. The van der Waals surface area contributed by atoms with Gasteiger partial charge in [-0.25, -0.2) is 8.42 Å². The van der Waals surface area contributed by atoms with Crippen molar-refractivity contribution in [3.05, 3.63) is 29.8 Å². The highest BCUT2D eigenvalue weighted by molar-refractivity contribution is 7.89. The van der Waals surface area contributed by atoms with Gasteiger partial charge in [-0.3, -0.25) is 4.79 Å². The van der Waals surface area contributed by atoms with Gasteiger partial charge in [-0.05, 0) is 30.5 Å². The standard InChI is InChI=1S/C14H21N3O3S/c15-8-7-14(18)16-11-12-3-5-13(6-4-12)21(19,20)17-9-1-2-10-17/h3-6H,1-2,7-11,15H2,(H,16,18). The Kier molecular flexibility index (Phi) is 5.33. The Morgan fingerprint density at radius 1 is 1.19 bits per heavy atom. The van der Waals surface area contributed by atoms with Gasteiger partial charge in [0.2, 0.25) is 15.9 Å². The van der Waals surface area contributed by atoms with Crippen molar-refractivity contribution in [2.24, 2.45) is 5.73 Å². The summed E-state index contributed by atoms with van der Waals surface area (Å²) in [6.45, 7) is 1.89. The van der Waals surface area contributed by atoms with Crippen LogP contribution in [-0.4, -0.2) is 38.3 Å². The molecule has 3 N–H and O–H groups in total. The van der Waals surface area contributed by atoms with Gasteiger partial charge < -0.3 is 11.1 Å². The molecular formula is C14H21N3O3S. The molecule has 6 nitrogen and oxygen atoms in total. The fraction of sp³-hybridized carbons (Fsp3) is 0.500. The average Bonchev–Trinajstić information content (AvgIpc) is 3.01. The molecule has 0 spiro atoms. The summed E-state index contributed by atoms with van der Waals surface area (Å²) < 4.78 is 26.2. The number of nitrogens with two attached hydrogens (primary N) is 1. The molecule has 0 aliphatic carbocycles. The number of hydrogen-bond donors (Lipinski definition) is 2. The molecule has 1 amide bonds. The Balaban J connectivity index is 2.00. The second-order valence-electron chi connectivity index (χ2n) is 5.07. The second kappa shape index (κ2) is 7.02. The number of carbonyl (C=O) groups is 1. The van der Waals surface area contributed by atoms with E-state index in [0.717, 1.165) is 18.4 Å². The number of benzene rings is 1. The van der Waals surface area contributed by atoms with E-state index in [-0.39, 0.29) is 5.91 Å². The Hall–Kier alpha value is -1.44. The molecule has 116 valence electrons. The molecule has 1 heterocycles. The van der Waals surface area contributed by atoms with Crippen molar-refractivity contribution in [2.75, 3.05) is 19.6 Å². The third kappa shape index (κ3) is 4.03. The highest BCUT2D eigenvalue weighted by Crippen LogP contribution is 2.20. The van der Waals surface area contributed by atoms with Crippen LogP contribution in [-0.2, 0) is 21.4 Å². The lowest BCUT2D eigenvalue weighted by molar-refractivity contribution is -0.121. The zero-order chi connectivity index (χ0) is 15.3. The summed E-state index contributed by atoms with van der Waals surface area (Å²) in [6, 6.07) is 6.65. The molecule has 0 bridgehead atoms. The van der Waals surface area contributed by atoms with Crippen molar-refractivity contribution < 1.29 is 13.2 Å². The van der Waals surface area contributed by atoms with Crippen molar-refractivity contribution in [1.82, 2.24) is 9.62 Å². The topological polar surface area (TPSA) is 92.5 Å². The number of nitrogens with zero attached hydrogens (tertiary/aromatic N) is 1. The fourth-order valence-electron chi connectivity index (χ4n) is 2.28. The van der Waals surface area contributed by atoms with Crippen molar-refractivity contribution in [2.45, 2.75) is 30.7 Å². The lowest BCUT2D eigenvalue weighted by atomic mass is 10.2. The van der Waals surface area contributed by atoms with Crippen molar-refractivity contribution in [3.8, 4) is 0 Å². The number of nitrogens with one attached hydrogen (secondary N) is 1. The van der Waals surface area contributed by atoms with E-state index in [4.69, 9.17) is 5.73 Å². The summed E-state index contributed by atoms with van der Waals surface area (Å²) >= 11 is 0. The Bertz CT molecular complexity index is 578. The molecule has 0 radical (unpaired) electrons. The molecular weight excluding hydrogens is 290 g/mol. The molecule has 1 fully saturated rings. The van der Waals surface area contributed by atoms with Crippen LogP contribution in [0.3, 0.4) is 0 Å². The van der Waals surface area contributed by atoms with E-state index in [1.807, 2.05) is 0 Å². The van der Waals surface area contributed by atoms with Crippen LogP contribution in [0.4, 0.5) is 0 Å². The molecule has 0 saturated carbocycles. The molecule has 1 saturated heterocycles. The van der Waals surface area contributed by atoms with E-state index in [1.54, 1.807) is 24.3 Å². The van der Waals surface area contributed by atoms with Gasteiger partial charge in [0, 0.05) is 32.6 Å². The zero-order valence-electron chi connectivity index (χ0n) is 11.9. The molecule has 1 aliphatic rings. The van der Waals surface area contributed by atoms with Crippen LogP contribution in [0.15, 0.2) is 29.2 Å². The Morgan fingerprint density at radius 2 is 1.81 bits per heavy atom. The smallest absolute Gasteiger partial charge is 0.243 e. The minimum atomic E-state index is -3.37. The SMILES string of the molecule is NCCC(=O)NCc1ccc(S(=O)(=O)N2CCCC2)cc1. The Labute approximate surface area is 125 Å². The first-order chi connectivity index (χ1) is 10.0. The lowest BCUT2D eigenvalue weighted by Gasteiger charge is -2.15. The van der Waals surface area contributed by atoms with Crippen molar-refractivity contribution in [3.63, 3.8) is 0 Å². The predicted molar refractivity (Wildman–Crippen MR) is 80.0 cm³/mol. The summed E-state index contributed by atoms with van der Waals surface area (Å²) in [6.07, 6.45) is 2.14. The van der Waals surface area contributed by atoms with Gasteiger partial charge in [0.15, 0.2) is 0 Å². The van der Waals surface area contributed by atoms with Crippen LogP contribution < -0.4 is 11.1 Å². The van der Waals surface area contributed by atoms with Gasteiger partial charge in [0.25, 0.3) is 0 Å². The molecule has 7 heteroatoms. The maximum atomic E-state index is 12.3. The monoisotopic (exact) mass is 311 g/mol. The van der Waals surface area contributed by atoms with Crippen molar-refractivity contribution in [1.29, 1.82) is 0 Å². The van der Waals surface area contributed by atoms with Crippen LogP contribution >= 0.6 is 0 Å². The molecule has 0 aromatic heterocycles. The maximum Gasteiger partial charge on any atom is 0.243 e. The number of carbonyl (C=O) groups excluding carboxylic acids is 1. The second-order valence-corrected chi connectivity index (χ2v) is 7.01. The number of hydrogen-bond acceptors (Lipinski definition) is 4. The van der Waals surface area contributed by atoms with E-state index in [2.05, 4.69) is 5.32 Å². The van der Waals surface area contributed by atoms with Gasteiger partial charge in [-0.2, -0.15) is 4.31 Å². The first-order valence-corrected chi connectivity index (χ1v) is 8.54. The third-order valence-corrected chi connectivity index (χ3v) is 5.40. The van der Waals surface area contributed by atoms with E-state index in [1.165, 1.54) is 4.31 Å². The molecule has 2 rings (SSSR count). The van der Waals surface area contributed by atoms with Crippen LogP contribution in [0, 0.1) is 0 Å². The van der Waals surface area contributed by atoms with E-state index >= 15 is 0 Å². The molecule has 1 aromatic rings. The van der Waals surface area contributed by atoms with Crippen LogP contribution in [0.5, 0.6) is 0 Å². The number of amides is 1. The fourth-order valence-corrected chi connectivity index (χ4v) is 3.79. The van der Waals surface area contributed by atoms with Gasteiger partial charge in [0.1, 0.15) is 0 Å². The molecule has 1 aromatic carbocycles. The normalized spacial score (nSPS) is 16.0. The highest BCUT2D eigenvalue weighted by Gasteiger charge is 2.26. The summed E-state index contributed by atoms with van der Waals surface area (Å²) in [5.41, 5.74) is 6.16. The minimum Gasteiger partial charge on any atom is -0.352 e. The molecule has 0 atom stereocenters. The van der Waals surface area contributed by atoms with Crippen LogP contribution in [0.2, 0.25) is 0 Å². The lowest BCUT2D eigenvalue weighted by Crippen LogP contribution is -2.28. The number of sulfonamides is 1. The summed E-state index contributed by atoms with van der Waals surface area (Å²) in [4.78, 5) is 11.6. The van der Waals surface area contributed by atoms with Gasteiger partial charge >= 0.3 is 0 Å². The van der Waals surface area contributed by atoms with E-state index in [0.29, 0.717) is 37.5 Å². The predicted octanol–water partition coefficient (Wildman–Crippen LogP) is 0.436. The van der Waals surface area contributed by atoms with Gasteiger partial charge in [-0.15, -0.1) is 0 Å². The molecule has 1 aliphatic heterocycles. The van der Waals surface area contributed by atoms with Gasteiger partial charge in [-0.1, -0.05) is 12.1 Å². The Morgan fingerprint density at radius 3 is 2.38 bits per heavy atom. The first kappa shape index (κ1) is 15.9. The summed E-state index contributed by atoms with van der Waals surface area (Å²) in [5, 5.41) is 2.73. The average molecular weight is 311 g/mol. The largest absolute Gasteiger partial charge is 0.352 e. The summed E-state index contributed by atoms with van der Waals surface area (Å²) in [7, 11) is -3.37. The third-order valence-electron chi connectivity index (χ3n) is 3.49. The van der Waals surface area contributed by atoms with Crippen molar-refractivity contribution >= 4 is 15.9 Å². The van der Waals surface area contributed by atoms with E-state index in [9.17, 15) is 13.2 Å². The van der Waals surface area contributed by atoms with E-state index < -0.39 is 10.0 Å². The quantitative estimate of drug-likeness (QED) is 0.797. The first-order valence-electron chi connectivity index (χ1n) is 7.10. The highest BCUT2D eigenvalue weighted by atomic mass is 32.2.